The standard InChI is InChI=1S/C20H26N4O2.2C2H5O4S/c21-19(22)15-5-9-17(10-6-15)25-13-3-1-2-4-14-26-18-11-7-16(8-12-18)20(23)24;2*3-1-2-7(4,5)6/h5-12H,1-4,13-14H2,(H3,21,22)(H3,23,24);2*1-2H2,(H,4,5,6)/q;2*-1/p+2. The van der Waals surface area contributed by atoms with Gasteiger partial charge in [-0.3, -0.25) is 31.4 Å². The van der Waals surface area contributed by atoms with Gasteiger partial charge in [-0.15, -0.1) is 13.2 Å². The summed E-state index contributed by atoms with van der Waals surface area (Å²) in [6.45, 7) is -0.168. The second kappa shape index (κ2) is 19.7. The third-order valence-corrected chi connectivity index (χ3v) is 6.00. The summed E-state index contributed by atoms with van der Waals surface area (Å²) in [6, 6.07) is 14.9. The van der Waals surface area contributed by atoms with Crippen LogP contribution >= 0.6 is 0 Å². The molecule has 0 atom stereocenters. The van der Waals surface area contributed by atoms with E-state index in [1.165, 1.54) is 0 Å². The highest BCUT2D eigenvalue weighted by molar-refractivity contribution is 7.86. The van der Waals surface area contributed by atoms with Gasteiger partial charge < -0.3 is 19.7 Å². The summed E-state index contributed by atoms with van der Waals surface area (Å²) in [7, 11) is -7.97. The first kappa shape index (κ1) is 36.7. The van der Waals surface area contributed by atoms with Crippen LogP contribution in [0.15, 0.2) is 48.5 Å². The molecule has 0 aliphatic carbocycles. The van der Waals surface area contributed by atoms with Crippen molar-refractivity contribution in [3.8, 4) is 11.5 Å². The second-order valence-electron chi connectivity index (χ2n) is 8.05. The first-order chi connectivity index (χ1) is 18.7. The fourth-order valence-corrected chi connectivity index (χ4v) is 3.06. The topological polar surface area (TPSA) is 277 Å². The number of hydrogen-bond acceptors (Lipinski definition) is 8. The van der Waals surface area contributed by atoms with Gasteiger partial charge in [0.15, 0.2) is 0 Å². The molecule has 0 bridgehead atoms. The maximum absolute atomic E-state index is 9.59. The predicted molar refractivity (Wildman–Crippen MR) is 145 cm³/mol. The molecule has 0 aliphatic rings. The molecule has 0 unspecified atom stereocenters. The van der Waals surface area contributed by atoms with Crippen molar-refractivity contribution < 1.29 is 56.4 Å². The van der Waals surface area contributed by atoms with Crippen LogP contribution in [0, 0.1) is 0 Å². The molecule has 0 aliphatic heterocycles. The van der Waals surface area contributed by atoms with Gasteiger partial charge in [-0.2, -0.15) is 16.8 Å². The van der Waals surface area contributed by atoms with Gasteiger partial charge >= 0.3 is 0 Å². The zero-order valence-corrected chi connectivity index (χ0v) is 23.6. The SMILES string of the molecule is NC(=[NH2+])c1ccc(OCCCCCCOc2ccc(C(N)=[NH2+])cc2)cc1.O=S(=O)(O)CC[O-].O=S(=O)(O)CC[O-]. The van der Waals surface area contributed by atoms with Gasteiger partial charge in [-0.05, 0) is 74.2 Å². The van der Waals surface area contributed by atoms with Crippen molar-refractivity contribution in [3.63, 3.8) is 0 Å². The Labute approximate surface area is 234 Å². The van der Waals surface area contributed by atoms with E-state index in [1.807, 2.05) is 48.5 Å². The van der Waals surface area contributed by atoms with Crippen molar-refractivity contribution >= 4 is 31.9 Å². The molecule has 0 aromatic heterocycles. The summed E-state index contributed by atoms with van der Waals surface area (Å²) in [6.07, 6.45) is 4.21. The van der Waals surface area contributed by atoms with E-state index in [1.54, 1.807) is 0 Å². The average Bonchev–Trinajstić information content (AvgIpc) is 2.85. The number of ether oxygens (including phenoxy) is 2. The number of rotatable bonds is 15. The minimum absolute atomic E-state index is 0.316. The smallest absolute Gasteiger partial charge is 0.270 e. The largest absolute Gasteiger partial charge is 0.854 e. The molecule has 0 heterocycles. The van der Waals surface area contributed by atoms with Crippen LogP contribution in [0.5, 0.6) is 11.5 Å². The lowest BCUT2D eigenvalue weighted by Gasteiger charge is -2.08. The molecule has 16 heteroatoms. The van der Waals surface area contributed by atoms with Crippen molar-refractivity contribution in [1.29, 1.82) is 0 Å². The lowest BCUT2D eigenvalue weighted by atomic mass is 10.2. The van der Waals surface area contributed by atoms with E-state index in [4.69, 9.17) is 40.9 Å². The fraction of sp³-hybridized carbons (Fsp3) is 0.417. The van der Waals surface area contributed by atoms with Crippen molar-refractivity contribution in [2.45, 2.75) is 25.7 Å². The molecule has 10 N–H and O–H groups in total. The van der Waals surface area contributed by atoms with Gasteiger partial charge in [0.1, 0.15) is 11.5 Å². The Morgan fingerprint density at radius 3 is 1.15 bits per heavy atom. The molecular formula is C24H38N4O10S2. The molecule has 2 aromatic rings. The molecular weight excluding hydrogens is 568 g/mol. The Kier molecular flexibility index (Phi) is 18.1. The molecule has 0 fully saturated rings. The minimum Gasteiger partial charge on any atom is -0.854 e. The minimum atomic E-state index is -3.99. The van der Waals surface area contributed by atoms with Crippen molar-refractivity contribution in [3.05, 3.63) is 59.7 Å². The van der Waals surface area contributed by atoms with Crippen LogP contribution in [-0.2, 0) is 20.2 Å². The summed E-state index contributed by atoms with van der Waals surface area (Å²) >= 11 is 0. The molecule has 2 rings (SSSR count). The monoisotopic (exact) mass is 606 g/mol. The first-order valence-electron chi connectivity index (χ1n) is 12.0. The van der Waals surface area contributed by atoms with Crippen LogP contribution in [-0.4, -0.2) is 75.5 Å². The molecule has 0 spiro atoms. The highest BCUT2D eigenvalue weighted by Gasteiger charge is 2.03. The quantitative estimate of drug-likeness (QED) is 0.0491. The van der Waals surface area contributed by atoms with Crippen molar-refractivity contribution in [2.75, 3.05) is 37.9 Å². The Balaban J connectivity index is 0.000000894. The molecule has 14 nitrogen and oxygen atoms in total. The van der Waals surface area contributed by atoms with Crippen LogP contribution < -0.4 is 42.0 Å². The Morgan fingerprint density at radius 2 is 0.950 bits per heavy atom. The number of unbranched alkanes of at least 4 members (excludes halogenated alkanes) is 3. The molecule has 0 saturated heterocycles. The third-order valence-electron chi connectivity index (χ3n) is 4.63. The van der Waals surface area contributed by atoms with Gasteiger partial charge in [-0.1, -0.05) is 0 Å². The molecule has 40 heavy (non-hydrogen) atoms. The normalized spacial score (nSPS) is 10.8. The van der Waals surface area contributed by atoms with Gasteiger partial charge in [0.25, 0.3) is 31.9 Å². The molecule has 0 amide bonds. The van der Waals surface area contributed by atoms with E-state index in [2.05, 4.69) is 0 Å². The number of amidine groups is 2. The average molecular weight is 607 g/mol. The Hall–Kier alpha value is -3.28. The van der Waals surface area contributed by atoms with Crippen LogP contribution in [0.2, 0.25) is 0 Å². The van der Waals surface area contributed by atoms with Crippen molar-refractivity contribution in [2.24, 2.45) is 11.5 Å². The van der Waals surface area contributed by atoms with Crippen LogP contribution in [0.1, 0.15) is 36.8 Å². The van der Waals surface area contributed by atoms with Gasteiger partial charge in [0, 0.05) is 0 Å². The second-order valence-corrected chi connectivity index (χ2v) is 11.2. The predicted octanol–water partition coefficient (Wildman–Crippen LogP) is -3.90. The number of nitrogens with two attached hydrogens (primary N) is 4. The fourth-order valence-electron chi connectivity index (χ4n) is 2.64. The lowest BCUT2D eigenvalue weighted by molar-refractivity contribution is -0.361. The summed E-state index contributed by atoms with van der Waals surface area (Å²) < 4.78 is 65.3. The van der Waals surface area contributed by atoms with Crippen LogP contribution in [0.4, 0.5) is 0 Å². The summed E-state index contributed by atoms with van der Waals surface area (Å²) in [4.78, 5) is 0. The molecule has 0 saturated carbocycles. The van der Waals surface area contributed by atoms with E-state index >= 15 is 0 Å². The maximum atomic E-state index is 9.59. The van der Waals surface area contributed by atoms with E-state index < -0.39 is 45.0 Å². The van der Waals surface area contributed by atoms with Gasteiger partial charge in [0.2, 0.25) is 0 Å². The molecule has 2 aromatic carbocycles. The lowest BCUT2D eigenvalue weighted by Crippen LogP contribution is -2.46. The third kappa shape index (κ3) is 20.7. The van der Waals surface area contributed by atoms with Crippen LogP contribution in [0.3, 0.4) is 0 Å². The van der Waals surface area contributed by atoms with E-state index in [9.17, 15) is 27.0 Å². The number of benzene rings is 2. The van der Waals surface area contributed by atoms with E-state index in [0.717, 1.165) is 48.3 Å². The zero-order chi connectivity index (χ0) is 30.6. The molecule has 226 valence electrons. The summed E-state index contributed by atoms with van der Waals surface area (Å²) in [5.74, 6) is 0.919. The Morgan fingerprint density at radius 1 is 0.650 bits per heavy atom. The highest BCUT2D eigenvalue weighted by atomic mass is 32.2. The summed E-state index contributed by atoms with van der Waals surface area (Å²) in [5, 5.41) is 29.9. The Bertz CT molecular complexity index is 1120. The van der Waals surface area contributed by atoms with Crippen LogP contribution in [0.25, 0.3) is 0 Å². The molecule has 0 radical (unpaired) electrons. The summed E-state index contributed by atoms with van der Waals surface area (Å²) in [5.41, 5.74) is 12.7. The zero-order valence-electron chi connectivity index (χ0n) is 22.0. The first-order valence-corrected chi connectivity index (χ1v) is 15.2. The van der Waals surface area contributed by atoms with Crippen molar-refractivity contribution in [1.82, 2.24) is 0 Å². The number of hydrogen-bond donors (Lipinski definition) is 6. The highest BCUT2D eigenvalue weighted by Crippen LogP contribution is 2.14. The van der Waals surface area contributed by atoms with E-state index in [-0.39, 0.29) is 0 Å². The van der Waals surface area contributed by atoms with E-state index in [0.29, 0.717) is 24.9 Å². The van der Waals surface area contributed by atoms with Gasteiger partial charge in [0.05, 0.1) is 35.8 Å². The maximum Gasteiger partial charge on any atom is 0.270 e. The van der Waals surface area contributed by atoms with Gasteiger partial charge in [-0.25, -0.2) is 0 Å².